The van der Waals surface area contributed by atoms with Gasteiger partial charge in [-0.2, -0.15) is 5.26 Å². The van der Waals surface area contributed by atoms with E-state index in [9.17, 15) is 10.4 Å². The fourth-order valence-electron chi connectivity index (χ4n) is 5.39. The van der Waals surface area contributed by atoms with E-state index in [1.54, 1.807) is 12.1 Å². The van der Waals surface area contributed by atoms with E-state index in [2.05, 4.69) is 22.0 Å². The van der Waals surface area contributed by atoms with Crippen molar-refractivity contribution in [1.29, 1.82) is 5.26 Å². The number of benzene rings is 3. The molecule has 0 amide bonds. The van der Waals surface area contributed by atoms with Crippen LogP contribution in [0, 0.1) is 18.3 Å². The van der Waals surface area contributed by atoms with E-state index >= 15 is 0 Å². The maximum Gasteiger partial charge on any atom is 0.227 e. The van der Waals surface area contributed by atoms with Crippen LogP contribution in [0.4, 0.5) is 5.69 Å². The number of anilines is 1. The van der Waals surface area contributed by atoms with Crippen LogP contribution in [-0.2, 0) is 16.1 Å². The van der Waals surface area contributed by atoms with Crippen LogP contribution in [0.3, 0.4) is 0 Å². The number of halogens is 1. The number of nitrogens with zero attached hydrogens (tertiary/aromatic N) is 3. The van der Waals surface area contributed by atoms with E-state index in [0.29, 0.717) is 46.4 Å². The van der Waals surface area contributed by atoms with Gasteiger partial charge in [0.05, 0.1) is 36.1 Å². The topological polar surface area (TPSA) is 91.8 Å². The molecule has 0 saturated carbocycles. The van der Waals surface area contributed by atoms with Crippen molar-refractivity contribution in [2.75, 3.05) is 31.2 Å². The molecule has 2 aliphatic rings. The molecule has 8 heteroatoms. The summed E-state index contributed by atoms with van der Waals surface area (Å²) in [6.07, 6.45) is 1.62. The van der Waals surface area contributed by atoms with Gasteiger partial charge in [-0.25, -0.2) is 4.98 Å². The van der Waals surface area contributed by atoms with E-state index < -0.39 is 5.79 Å². The minimum Gasteiger partial charge on any atom is -0.435 e. The van der Waals surface area contributed by atoms with Gasteiger partial charge < -0.3 is 23.9 Å². The molecule has 7 nitrogen and oxygen atoms in total. The lowest BCUT2D eigenvalue weighted by molar-refractivity contribution is -0.169. The molecule has 4 aromatic rings. The highest BCUT2D eigenvalue weighted by atomic mass is 35.5. The molecule has 3 aromatic carbocycles. The van der Waals surface area contributed by atoms with Gasteiger partial charge in [0.15, 0.2) is 11.4 Å². The summed E-state index contributed by atoms with van der Waals surface area (Å²) in [7, 11) is 0. The Balaban J connectivity index is 1.36. The van der Waals surface area contributed by atoms with Crippen molar-refractivity contribution < 1.29 is 19.0 Å². The predicted molar refractivity (Wildman–Crippen MR) is 141 cm³/mol. The number of ether oxygens (including phenoxy) is 2. The second-order valence-corrected chi connectivity index (χ2v) is 9.87. The molecule has 0 bridgehead atoms. The number of aliphatic hydroxyl groups is 1. The predicted octanol–water partition coefficient (Wildman–Crippen LogP) is 5.83. The van der Waals surface area contributed by atoms with Gasteiger partial charge in [-0.05, 0) is 47.9 Å². The van der Waals surface area contributed by atoms with Crippen LogP contribution in [0.1, 0.15) is 29.5 Å². The van der Waals surface area contributed by atoms with Crippen molar-refractivity contribution in [3.05, 3.63) is 70.2 Å². The summed E-state index contributed by atoms with van der Waals surface area (Å²) in [6.45, 7) is 4.78. The molecule has 0 unspecified atom stereocenters. The van der Waals surface area contributed by atoms with E-state index in [1.807, 2.05) is 37.3 Å². The molecule has 0 radical (unpaired) electrons. The molecule has 3 heterocycles. The van der Waals surface area contributed by atoms with Crippen molar-refractivity contribution in [2.45, 2.75) is 32.2 Å². The first-order valence-electron chi connectivity index (χ1n) is 12.4. The zero-order chi connectivity index (χ0) is 25.6. The van der Waals surface area contributed by atoms with E-state index in [0.717, 1.165) is 53.9 Å². The van der Waals surface area contributed by atoms with Crippen LogP contribution in [0.15, 0.2) is 52.9 Å². The average Bonchev–Trinajstić information content (AvgIpc) is 3.56. The third kappa shape index (κ3) is 4.16. The number of hydrogen-bond donors (Lipinski definition) is 1. The Morgan fingerprint density at radius 1 is 1.05 bits per heavy atom. The summed E-state index contributed by atoms with van der Waals surface area (Å²) < 4.78 is 17.8. The zero-order valence-electron chi connectivity index (χ0n) is 20.5. The lowest BCUT2D eigenvalue weighted by Crippen LogP contribution is -2.45. The Bertz CT molecular complexity index is 1520. The number of hydrogen-bond acceptors (Lipinski definition) is 7. The molecule has 1 spiro atoms. The molecule has 37 heavy (non-hydrogen) atoms. The summed E-state index contributed by atoms with van der Waals surface area (Å²) in [6, 6.07) is 17.6. The Kier molecular flexibility index (Phi) is 6.13. The smallest absolute Gasteiger partial charge is 0.227 e. The standard InChI is InChI=1S/C29H26ClN3O4/c1-18-21(4-2-5-22(18)28-32-24-15-19(17-34)14-20(16-31)27(24)37-28)23-6-3-7-25(26(23)30)33-10-8-29(9-11-33)35-12-13-36-29/h2-7,14-15,34H,8-13,17H2,1H3. The molecule has 6 rings (SSSR count). The maximum absolute atomic E-state index is 9.55. The molecular weight excluding hydrogens is 490 g/mol. The number of rotatable bonds is 4. The monoisotopic (exact) mass is 515 g/mol. The Morgan fingerprint density at radius 2 is 1.76 bits per heavy atom. The van der Waals surface area contributed by atoms with E-state index in [4.69, 9.17) is 25.5 Å². The fourth-order valence-corrected chi connectivity index (χ4v) is 5.73. The highest BCUT2D eigenvalue weighted by Crippen LogP contribution is 2.42. The van der Waals surface area contributed by atoms with Crippen molar-refractivity contribution in [1.82, 2.24) is 4.98 Å². The normalized spacial score (nSPS) is 17.0. The molecule has 1 aromatic heterocycles. The van der Waals surface area contributed by atoms with Crippen molar-refractivity contribution in [3.8, 4) is 28.7 Å². The van der Waals surface area contributed by atoms with E-state index in [1.165, 1.54) is 0 Å². The summed E-state index contributed by atoms with van der Waals surface area (Å²) in [4.78, 5) is 6.95. The Morgan fingerprint density at radius 3 is 2.49 bits per heavy atom. The lowest BCUT2D eigenvalue weighted by Gasteiger charge is -2.39. The van der Waals surface area contributed by atoms with Gasteiger partial charge in [-0.1, -0.05) is 35.9 Å². The summed E-state index contributed by atoms with van der Waals surface area (Å²) in [5, 5.41) is 19.8. The number of aromatic nitrogens is 1. The van der Waals surface area contributed by atoms with Gasteiger partial charge in [-0.3, -0.25) is 0 Å². The third-order valence-corrected chi connectivity index (χ3v) is 7.76. The van der Waals surface area contributed by atoms with Gasteiger partial charge in [0.2, 0.25) is 5.89 Å². The third-order valence-electron chi connectivity index (χ3n) is 7.37. The van der Waals surface area contributed by atoms with Crippen LogP contribution >= 0.6 is 11.6 Å². The molecule has 2 fully saturated rings. The summed E-state index contributed by atoms with van der Waals surface area (Å²) in [5.74, 6) is -0.0137. The average molecular weight is 516 g/mol. The summed E-state index contributed by atoms with van der Waals surface area (Å²) >= 11 is 7.03. The second kappa shape index (κ2) is 9.47. The second-order valence-electron chi connectivity index (χ2n) is 9.49. The van der Waals surface area contributed by atoms with Gasteiger partial charge in [0.1, 0.15) is 11.6 Å². The van der Waals surface area contributed by atoms with Crippen molar-refractivity contribution in [3.63, 3.8) is 0 Å². The minimum atomic E-state index is -0.436. The van der Waals surface area contributed by atoms with Crippen LogP contribution in [-0.4, -0.2) is 42.2 Å². The Labute approximate surface area is 219 Å². The minimum absolute atomic E-state index is 0.172. The lowest BCUT2D eigenvalue weighted by atomic mass is 9.95. The highest BCUT2D eigenvalue weighted by molar-refractivity contribution is 6.36. The van der Waals surface area contributed by atoms with Gasteiger partial charge in [-0.15, -0.1) is 0 Å². The maximum atomic E-state index is 9.55. The molecule has 188 valence electrons. The number of aliphatic hydroxyl groups excluding tert-OH is 1. The highest BCUT2D eigenvalue weighted by Gasteiger charge is 2.40. The number of piperidine rings is 1. The van der Waals surface area contributed by atoms with Crippen LogP contribution < -0.4 is 4.90 Å². The quantitative estimate of drug-likeness (QED) is 0.365. The first kappa shape index (κ1) is 24.0. The fraction of sp³-hybridized carbons (Fsp3) is 0.310. The molecule has 1 N–H and O–H groups in total. The van der Waals surface area contributed by atoms with Crippen molar-refractivity contribution >= 4 is 28.4 Å². The van der Waals surface area contributed by atoms with Gasteiger partial charge in [0, 0.05) is 37.1 Å². The molecule has 2 aliphatic heterocycles. The zero-order valence-corrected chi connectivity index (χ0v) is 21.2. The molecule has 2 saturated heterocycles. The number of fused-ring (bicyclic) bond motifs is 1. The first-order valence-corrected chi connectivity index (χ1v) is 12.8. The van der Waals surface area contributed by atoms with Crippen LogP contribution in [0.2, 0.25) is 5.02 Å². The number of oxazole rings is 1. The molecule has 0 aliphatic carbocycles. The van der Waals surface area contributed by atoms with Crippen LogP contribution in [0.25, 0.3) is 33.7 Å². The Hall–Kier alpha value is -3.41. The molecule has 0 atom stereocenters. The van der Waals surface area contributed by atoms with Crippen molar-refractivity contribution in [2.24, 2.45) is 0 Å². The van der Waals surface area contributed by atoms with Gasteiger partial charge in [0.25, 0.3) is 0 Å². The first-order chi connectivity index (χ1) is 18.0. The van der Waals surface area contributed by atoms with Gasteiger partial charge >= 0.3 is 0 Å². The SMILES string of the molecule is Cc1c(-c2nc3cc(CO)cc(C#N)c3o2)cccc1-c1cccc(N2CCC3(CC2)OCCO3)c1Cl. The summed E-state index contributed by atoms with van der Waals surface area (Å²) in [5.41, 5.74) is 6.63. The van der Waals surface area contributed by atoms with E-state index in [-0.39, 0.29) is 6.61 Å². The largest absolute Gasteiger partial charge is 0.435 e. The van der Waals surface area contributed by atoms with Crippen LogP contribution in [0.5, 0.6) is 0 Å². The molecular formula is C29H26ClN3O4. The number of nitriles is 1.